The number of aryl methyl sites for hydroxylation is 1. The first kappa shape index (κ1) is 35.2. The maximum absolute atomic E-state index is 13.5. The van der Waals surface area contributed by atoms with Gasteiger partial charge in [0, 0.05) is 74.0 Å². The zero-order valence-electron chi connectivity index (χ0n) is 30.6. The first-order chi connectivity index (χ1) is 26.4. The fourth-order valence-corrected chi connectivity index (χ4v) is 7.85. The number of nitrogens with one attached hydrogen (secondary N) is 3. The van der Waals surface area contributed by atoms with Crippen molar-refractivity contribution < 1.29 is 9.59 Å². The highest BCUT2D eigenvalue weighted by Gasteiger charge is 2.27. The van der Waals surface area contributed by atoms with Crippen molar-refractivity contribution in [1.29, 1.82) is 0 Å². The van der Waals surface area contributed by atoms with Crippen LogP contribution < -0.4 is 26.4 Å². The Balaban J connectivity index is 0.870. The van der Waals surface area contributed by atoms with Crippen molar-refractivity contribution in [2.45, 2.75) is 64.0 Å². The SMILES string of the molecule is C=CCn1c(=O)c2cnc(Nc3ccc(CCN4CCN(c5ccc(NC6CCC(=O)NC6=O)cc5)CC4)cc3)nc2n1-c1ccc2c(n1)C(CC)CC2. The number of piperidine rings is 1. The second-order valence-electron chi connectivity index (χ2n) is 14.4. The van der Waals surface area contributed by atoms with Crippen LogP contribution in [0.5, 0.6) is 0 Å². The van der Waals surface area contributed by atoms with Crippen LogP contribution in [0.25, 0.3) is 16.9 Å². The molecule has 13 heteroatoms. The minimum atomic E-state index is -0.385. The van der Waals surface area contributed by atoms with Gasteiger partial charge in [-0.3, -0.25) is 24.6 Å². The fraction of sp³-hybridized carbons (Fsp3) is 0.366. The van der Waals surface area contributed by atoms with Crippen molar-refractivity contribution in [1.82, 2.24) is 34.5 Å². The van der Waals surface area contributed by atoms with E-state index in [0.29, 0.717) is 48.1 Å². The van der Waals surface area contributed by atoms with Crippen molar-refractivity contribution in [3.05, 3.63) is 107 Å². The topological polar surface area (TPSA) is 142 Å². The Kier molecular flexibility index (Phi) is 9.96. The molecule has 278 valence electrons. The highest BCUT2D eigenvalue weighted by atomic mass is 16.2. The van der Waals surface area contributed by atoms with E-state index in [9.17, 15) is 14.4 Å². The van der Waals surface area contributed by atoms with Crippen LogP contribution in [-0.2, 0) is 29.0 Å². The van der Waals surface area contributed by atoms with Crippen molar-refractivity contribution in [2.75, 3.05) is 48.3 Å². The summed E-state index contributed by atoms with van der Waals surface area (Å²) in [6, 6.07) is 20.3. The third-order valence-corrected chi connectivity index (χ3v) is 10.9. The molecule has 5 heterocycles. The van der Waals surface area contributed by atoms with Crippen LogP contribution >= 0.6 is 0 Å². The van der Waals surface area contributed by atoms with Crippen LogP contribution in [0.3, 0.4) is 0 Å². The summed E-state index contributed by atoms with van der Waals surface area (Å²) in [5, 5.41) is 9.42. The molecular weight excluding hydrogens is 681 g/mol. The standard InChI is InChI=1S/C41H46N10O3/c1-3-20-50-40(54)33-26-42-41(47-38(33)51(50)35-17-9-29-8-7-28(4-2)37(29)45-35)44-31-10-5-27(6-11-31)19-21-48-22-24-49(25-23-48)32-14-12-30(13-15-32)43-34-16-18-36(52)46-39(34)53/h3,5-6,9-15,17,26,28,34,43H,1,4,7-8,16,18-25H2,2H3,(H,42,44,47)(H,46,52,53). The van der Waals surface area contributed by atoms with Crippen molar-refractivity contribution >= 4 is 45.9 Å². The lowest BCUT2D eigenvalue weighted by atomic mass is 10.0. The van der Waals surface area contributed by atoms with Gasteiger partial charge < -0.3 is 15.5 Å². The first-order valence-corrected chi connectivity index (χ1v) is 19.0. The molecule has 8 rings (SSSR count). The monoisotopic (exact) mass is 726 g/mol. The molecule has 5 aromatic rings. The Bertz CT molecular complexity index is 2240. The lowest BCUT2D eigenvalue weighted by molar-refractivity contribution is -0.133. The van der Waals surface area contributed by atoms with Crippen molar-refractivity contribution in [3.8, 4) is 5.82 Å². The summed E-state index contributed by atoms with van der Waals surface area (Å²) in [7, 11) is 0. The van der Waals surface area contributed by atoms with E-state index in [1.165, 1.54) is 11.1 Å². The minimum Gasteiger partial charge on any atom is -0.374 e. The molecule has 0 spiro atoms. The molecule has 3 aliphatic rings. The lowest BCUT2D eigenvalue weighted by Crippen LogP contribution is -2.47. The van der Waals surface area contributed by atoms with Gasteiger partial charge in [0.2, 0.25) is 17.8 Å². The quantitative estimate of drug-likeness (QED) is 0.120. The van der Waals surface area contributed by atoms with Gasteiger partial charge in [0.15, 0.2) is 11.5 Å². The van der Waals surface area contributed by atoms with Gasteiger partial charge in [-0.1, -0.05) is 31.2 Å². The minimum absolute atomic E-state index is 0.174. The molecular formula is C41H46N10O3. The van der Waals surface area contributed by atoms with Gasteiger partial charge in [0.05, 0.1) is 6.54 Å². The van der Waals surface area contributed by atoms with Crippen molar-refractivity contribution in [2.24, 2.45) is 0 Å². The number of pyridine rings is 1. The normalized spacial score (nSPS) is 18.8. The van der Waals surface area contributed by atoms with Crippen LogP contribution in [0, 0.1) is 0 Å². The number of benzene rings is 2. The Labute approximate surface area is 314 Å². The fourth-order valence-electron chi connectivity index (χ4n) is 7.85. The maximum atomic E-state index is 13.5. The van der Waals surface area contributed by atoms with E-state index in [-0.39, 0.29) is 23.4 Å². The highest BCUT2D eigenvalue weighted by molar-refractivity contribution is 6.01. The van der Waals surface area contributed by atoms with Crippen LogP contribution in [0.1, 0.15) is 55.3 Å². The number of carbonyl (C=O) groups excluding carboxylic acids is 2. The number of piperazine rings is 1. The van der Waals surface area contributed by atoms with Crippen LogP contribution in [0.2, 0.25) is 0 Å². The van der Waals surface area contributed by atoms with Crippen LogP contribution in [0.15, 0.2) is 84.3 Å². The molecule has 0 bridgehead atoms. The summed E-state index contributed by atoms with van der Waals surface area (Å²) < 4.78 is 3.43. The molecule has 3 N–H and O–H groups in total. The largest absolute Gasteiger partial charge is 0.374 e. The predicted octanol–water partition coefficient (Wildman–Crippen LogP) is 4.93. The molecule has 1 aliphatic carbocycles. The van der Waals surface area contributed by atoms with E-state index in [1.54, 1.807) is 21.6 Å². The van der Waals surface area contributed by atoms with E-state index in [1.807, 2.05) is 30.3 Å². The second kappa shape index (κ2) is 15.3. The maximum Gasteiger partial charge on any atom is 0.278 e. The molecule has 2 amide bonds. The molecule has 13 nitrogen and oxygen atoms in total. The third-order valence-electron chi connectivity index (χ3n) is 10.9. The Morgan fingerprint density at radius 1 is 0.907 bits per heavy atom. The van der Waals surface area contributed by atoms with Crippen molar-refractivity contribution in [3.63, 3.8) is 0 Å². The van der Waals surface area contributed by atoms with Gasteiger partial charge in [-0.2, -0.15) is 4.98 Å². The average molecular weight is 727 g/mol. The molecule has 2 fully saturated rings. The van der Waals surface area contributed by atoms with Gasteiger partial charge >= 0.3 is 0 Å². The second-order valence-corrected chi connectivity index (χ2v) is 14.4. The molecule has 2 atom stereocenters. The van der Waals surface area contributed by atoms with Gasteiger partial charge in [0.25, 0.3) is 5.56 Å². The number of anilines is 4. The first-order valence-electron chi connectivity index (χ1n) is 19.0. The summed E-state index contributed by atoms with van der Waals surface area (Å²) in [6.45, 7) is 11.2. The molecule has 2 aliphatic heterocycles. The predicted molar refractivity (Wildman–Crippen MR) is 211 cm³/mol. The Hall–Kier alpha value is -5.82. The van der Waals surface area contributed by atoms with E-state index in [0.717, 1.165) is 81.2 Å². The molecule has 3 aromatic heterocycles. The van der Waals surface area contributed by atoms with Gasteiger partial charge in [-0.05, 0) is 85.7 Å². The molecule has 2 saturated heterocycles. The molecule has 2 unspecified atom stereocenters. The molecule has 2 aromatic carbocycles. The third kappa shape index (κ3) is 7.23. The number of rotatable bonds is 12. The number of hydrogen-bond acceptors (Lipinski definition) is 10. The zero-order valence-corrected chi connectivity index (χ0v) is 30.6. The number of fused-ring (bicyclic) bond motifs is 2. The van der Waals surface area contributed by atoms with E-state index in [2.05, 4.69) is 74.6 Å². The highest BCUT2D eigenvalue weighted by Crippen LogP contribution is 2.34. The number of aromatic nitrogens is 5. The number of amides is 2. The number of allylic oxidation sites excluding steroid dienone is 1. The van der Waals surface area contributed by atoms with E-state index >= 15 is 0 Å². The van der Waals surface area contributed by atoms with Gasteiger partial charge in [-0.15, -0.1) is 6.58 Å². The Morgan fingerprint density at radius 2 is 1.69 bits per heavy atom. The number of imide groups is 1. The number of hydrogen-bond donors (Lipinski definition) is 3. The summed E-state index contributed by atoms with van der Waals surface area (Å²) >= 11 is 0. The number of nitrogens with zero attached hydrogens (tertiary/aromatic N) is 7. The molecule has 54 heavy (non-hydrogen) atoms. The van der Waals surface area contributed by atoms with Gasteiger partial charge in [-0.25, -0.2) is 19.3 Å². The Morgan fingerprint density at radius 3 is 2.43 bits per heavy atom. The smallest absolute Gasteiger partial charge is 0.278 e. The molecule has 0 saturated carbocycles. The summed E-state index contributed by atoms with van der Waals surface area (Å²) in [5.74, 6) is 1.04. The average Bonchev–Trinajstić information content (AvgIpc) is 3.73. The van der Waals surface area contributed by atoms with Crippen LogP contribution in [0.4, 0.5) is 23.0 Å². The van der Waals surface area contributed by atoms with E-state index < -0.39 is 0 Å². The summed E-state index contributed by atoms with van der Waals surface area (Å²) in [4.78, 5) is 56.3. The van der Waals surface area contributed by atoms with E-state index in [4.69, 9.17) is 9.97 Å². The zero-order chi connectivity index (χ0) is 37.2. The molecule has 0 radical (unpaired) electrons. The van der Waals surface area contributed by atoms with Gasteiger partial charge in [0.1, 0.15) is 11.4 Å². The van der Waals surface area contributed by atoms with Crippen LogP contribution in [-0.4, -0.2) is 79.8 Å². The summed E-state index contributed by atoms with van der Waals surface area (Å²) in [6.07, 6.45) is 8.28. The summed E-state index contributed by atoms with van der Waals surface area (Å²) in [5.41, 5.74) is 6.89. The number of carbonyl (C=O) groups is 2. The lowest BCUT2D eigenvalue weighted by Gasteiger charge is -2.36.